The van der Waals surface area contributed by atoms with Crippen LogP contribution in [0, 0.1) is 5.82 Å². The first-order chi connectivity index (χ1) is 18.1. The molecule has 0 saturated heterocycles. The predicted octanol–water partition coefficient (Wildman–Crippen LogP) is 8.92. The largest absolute Gasteiger partial charge is 0.420 e. The summed E-state index contributed by atoms with van der Waals surface area (Å²) < 4.78 is 19.8. The van der Waals surface area contributed by atoms with Gasteiger partial charge in [-0.3, -0.25) is 9.97 Å². The summed E-state index contributed by atoms with van der Waals surface area (Å²) in [5.41, 5.74) is 3.91. The van der Waals surface area contributed by atoms with Crippen LogP contribution >= 0.6 is 0 Å². The Kier molecular flexibility index (Phi) is 12.2. The topological polar surface area (TPSA) is 52.1 Å². The van der Waals surface area contributed by atoms with Crippen LogP contribution in [0.1, 0.15) is 106 Å². The van der Waals surface area contributed by atoms with E-state index in [1.54, 1.807) is 24.4 Å². The predicted molar refractivity (Wildman–Crippen MR) is 148 cm³/mol. The Labute approximate surface area is 221 Å². The van der Waals surface area contributed by atoms with E-state index in [4.69, 9.17) is 4.74 Å². The molecule has 0 spiro atoms. The van der Waals surface area contributed by atoms with Gasteiger partial charge in [0.2, 0.25) is 0 Å². The number of hydrogen-bond donors (Lipinski definition) is 0. The molecule has 0 amide bonds. The molecule has 37 heavy (non-hydrogen) atoms. The maximum absolute atomic E-state index is 14.5. The molecular formula is C32H41FN2O2. The quantitative estimate of drug-likeness (QED) is 0.111. The number of carbonyl (C=O) groups excluding carboxylic acids is 1. The molecule has 0 unspecified atom stereocenters. The molecule has 0 N–H and O–H groups in total. The second kappa shape index (κ2) is 15.9. The second-order valence-corrected chi connectivity index (χ2v) is 9.81. The molecule has 0 bridgehead atoms. The van der Waals surface area contributed by atoms with E-state index >= 15 is 0 Å². The summed E-state index contributed by atoms with van der Waals surface area (Å²) in [5, 5.41) is 0. The van der Waals surface area contributed by atoms with Crippen LogP contribution in [-0.4, -0.2) is 15.9 Å². The highest BCUT2D eigenvalue weighted by atomic mass is 19.1. The number of halogens is 1. The number of hydrogen-bond acceptors (Lipinski definition) is 4. The van der Waals surface area contributed by atoms with Crippen molar-refractivity contribution in [2.24, 2.45) is 0 Å². The average Bonchev–Trinajstić information content (AvgIpc) is 2.92. The van der Waals surface area contributed by atoms with Gasteiger partial charge in [-0.25, -0.2) is 9.18 Å². The number of carbonyl (C=O) groups is 1. The minimum atomic E-state index is -0.586. The summed E-state index contributed by atoms with van der Waals surface area (Å²) in [5.74, 6) is -1.14. The van der Waals surface area contributed by atoms with Crippen LogP contribution in [0.2, 0.25) is 0 Å². The van der Waals surface area contributed by atoms with Crippen molar-refractivity contribution in [1.29, 1.82) is 0 Å². The molecular weight excluding hydrogens is 463 g/mol. The van der Waals surface area contributed by atoms with Gasteiger partial charge in [0.05, 0.1) is 23.1 Å². The van der Waals surface area contributed by atoms with Crippen molar-refractivity contribution >= 4 is 5.97 Å². The van der Waals surface area contributed by atoms with Crippen LogP contribution in [0.25, 0.3) is 11.3 Å². The molecule has 3 aromatic rings. The van der Waals surface area contributed by atoms with Crippen LogP contribution in [-0.2, 0) is 12.8 Å². The molecule has 0 saturated carbocycles. The minimum Gasteiger partial charge on any atom is -0.420 e. The van der Waals surface area contributed by atoms with E-state index in [0.717, 1.165) is 54.6 Å². The van der Waals surface area contributed by atoms with Crippen molar-refractivity contribution in [2.45, 2.75) is 97.3 Å². The maximum Gasteiger partial charge on any atom is 0.343 e. The molecule has 4 nitrogen and oxygen atoms in total. The maximum atomic E-state index is 14.5. The zero-order valence-electron chi connectivity index (χ0n) is 22.5. The summed E-state index contributed by atoms with van der Waals surface area (Å²) >= 11 is 0. The number of ether oxygens (including phenoxy) is 1. The molecule has 1 heterocycles. The second-order valence-electron chi connectivity index (χ2n) is 9.81. The Balaban J connectivity index is 1.48. The van der Waals surface area contributed by atoms with Gasteiger partial charge in [0.25, 0.3) is 0 Å². The minimum absolute atomic E-state index is 0.0474. The van der Waals surface area contributed by atoms with E-state index in [2.05, 4.69) is 23.8 Å². The van der Waals surface area contributed by atoms with Gasteiger partial charge in [0, 0.05) is 11.8 Å². The van der Waals surface area contributed by atoms with E-state index in [-0.39, 0.29) is 5.75 Å². The molecule has 2 aromatic carbocycles. The highest BCUT2D eigenvalue weighted by Crippen LogP contribution is 2.22. The first kappa shape index (κ1) is 28.5. The lowest BCUT2D eigenvalue weighted by molar-refractivity contribution is 0.0728. The molecule has 0 aliphatic rings. The Morgan fingerprint density at radius 2 is 1.41 bits per heavy atom. The third kappa shape index (κ3) is 9.71. The zero-order valence-corrected chi connectivity index (χ0v) is 22.5. The average molecular weight is 505 g/mol. The van der Waals surface area contributed by atoms with Gasteiger partial charge in [-0.1, -0.05) is 89.8 Å². The third-order valence-electron chi connectivity index (χ3n) is 6.68. The van der Waals surface area contributed by atoms with E-state index < -0.39 is 11.8 Å². The number of esters is 1. The molecule has 0 radical (unpaired) electrons. The molecule has 1 aromatic heterocycles. The standard InChI is InChI=1S/C32H41FN2O2/c1-3-5-7-9-10-11-13-15-28-23-35-30(24-34-28)26-17-19-27(20-18-26)32(36)37-31-21-16-25(22-29(31)33)14-12-8-6-4-2/h16-24H,3-15H2,1-2H3. The first-order valence-corrected chi connectivity index (χ1v) is 14.0. The normalized spacial score (nSPS) is 11.0. The Bertz CT molecular complexity index is 1080. The fourth-order valence-electron chi connectivity index (χ4n) is 4.37. The monoisotopic (exact) mass is 504 g/mol. The SMILES string of the molecule is CCCCCCCCCc1cnc(-c2ccc(C(=O)Oc3ccc(CCCCCC)cc3F)cc2)cn1. The lowest BCUT2D eigenvalue weighted by Crippen LogP contribution is -2.09. The lowest BCUT2D eigenvalue weighted by atomic mass is 10.1. The Morgan fingerprint density at radius 1 is 0.757 bits per heavy atom. The van der Waals surface area contributed by atoms with E-state index in [9.17, 15) is 9.18 Å². The van der Waals surface area contributed by atoms with Crippen molar-refractivity contribution in [3.05, 3.63) is 77.5 Å². The molecule has 0 aliphatic heterocycles. The van der Waals surface area contributed by atoms with Gasteiger partial charge in [-0.05, 0) is 55.5 Å². The number of aromatic nitrogens is 2. The number of benzene rings is 2. The van der Waals surface area contributed by atoms with E-state index in [0.29, 0.717) is 5.56 Å². The summed E-state index contributed by atoms with van der Waals surface area (Å²) in [7, 11) is 0. The summed E-state index contributed by atoms with van der Waals surface area (Å²) in [6.07, 6.45) is 18.9. The Hall–Kier alpha value is -3.08. The van der Waals surface area contributed by atoms with Gasteiger partial charge in [0.1, 0.15) is 0 Å². The van der Waals surface area contributed by atoms with Crippen LogP contribution in [0.4, 0.5) is 4.39 Å². The summed E-state index contributed by atoms with van der Waals surface area (Å²) in [6, 6.07) is 11.8. The Morgan fingerprint density at radius 3 is 2.05 bits per heavy atom. The highest BCUT2D eigenvalue weighted by Gasteiger charge is 2.13. The summed E-state index contributed by atoms with van der Waals surface area (Å²) in [6.45, 7) is 4.41. The smallest absolute Gasteiger partial charge is 0.343 e. The number of unbranched alkanes of at least 4 members (excludes halogenated alkanes) is 9. The number of aryl methyl sites for hydroxylation is 2. The van der Waals surface area contributed by atoms with Crippen molar-refractivity contribution in [3.63, 3.8) is 0 Å². The van der Waals surface area contributed by atoms with Crippen LogP contribution < -0.4 is 4.74 Å². The molecule has 198 valence electrons. The zero-order chi connectivity index (χ0) is 26.3. The molecule has 0 aliphatic carbocycles. The van der Waals surface area contributed by atoms with Crippen molar-refractivity contribution in [2.75, 3.05) is 0 Å². The third-order valence-corrected chi connectivity index (χ3v) is 6.68. The molecule has 3 rings (SSSR count). The molecule has 5 heteroatoms. The first-order valence-electron chi connectivity index (χ1n) is 14.0. The molecule has 0 atom stereocenters. The van der Waals surface area contributed by atoms with Crippen LogP contribution in [0.5, 0.6) is 5.75 Å². The van der Waals surface area contributed by atoms with Crippen molar-refractivity contribution < 1.29 is 13.9 Å². The molecule has 0 fully saturated rings. The number of nitrogens with zero attached hydrogens (tertiary/aromatic N) is 2. The van der Waals surface area contributed by atoms with Crippen molar-refractivity contribution in [3.8, 4) is 17.0 Å². The van der Waals surface area contributed by atoms with Crippen LogP contribution in [0.15, 0.2) is 54.9 Å². The fourth-order valence-corrected chi connectivity index (χ4v) is 4.37. The van der Waals surface area contributed by atoms with E-state index in [1.807, 2.05) is 24.4 Å². The lowest BCUT2D eigenvalue weighted by Gasteiger charge is -2.08. The van der Waals surface area contributed by atoms with Gasteiger partial charge in [-0.15, -0.1) is 0 Å². The number of rotatable bonds is 16. The summed E-state index contributed by atoms with van der Waals surface area (Å²) in [4.78, 5) is 21.7. The van der Waals surface area contributed by atoms with Gasteiger partial charge in [-0.2, -0.15) is 0 Å². The van der Waals surface area contributed by atoms with Crippen molar-refractivity contribution in [1.82, 2.24) is 9.97 Å². The van der Waals surface area contributed by atoms with E-state index in [1.165, 1.54) is 57.4 Å². The van der Waals surface area contributed by atoms with Crippen LogP contribution in [0.3, 0.4) is 0 Å². The van der Waals surface area contributed by atoms with Gasteiger partial charge < -0.3 is 4.74 Å². The highest BCUT2D eigenvalue weighted by molar-refractivity contribution is 5.91. The fraction of sp³-hybridized carbons (Fsp3) is 0.469. The van der Waals surface area contributed by atoms with Gasteiger partial charge >= 0.3 is 5.97 Å². The van der Waals surface area contributed by atoms with Gasteiger partial charge in [0.15, 0.2) is 11.6 Å².